The van der Waals surface area contributed by atoms with Gasteiger partial charge in [0.1, 0.15) is 0 Å². The molecule has 0 saturated heterocycles. The van der Waals surface area contributed by atoms with Crippen LogP contribution >= 0.6 is 0 Å². The molecule has 0 heterocycles. The Morgan fingerprint density at radius 3 is 0.776 bits per heavy atom. The monoisotopic (exact) mass is 681 g/mol. The van der Waals surface area contributed by atoms with E-state index in [9.17, 15) is 0 Å². The number of aryl methyl sites for hydroxylation is 3. The molecule has 0 radical (unpaired) electrons. The van der Waals surface area contributed by atoms with Gasteiger partial charge in [0.05, 0.1) is 0 Å². The first-order valence-electron chi connectivity index (χ1n) is 23.4. The molecule has 288 valence electrons. The third kappa shape index (κ3) is 28.5. The van der Waals surface area contributed by atoms with E-state index >= 15 is 0 Å². The molecule has 1 aromatic carbocycles. The fraction of sp³-hybridized carbons (Fsp3) is 0.878. The first-order chi connectivity index (χ1) is 24.3. The van der Waals surface area contributed by atoms with Crippen LogP contribution in [-0.4, -0.2) is 0 Å². The molecule has 0 aromatic heterocycles. The molecule has 1 aromatic rings. The maximum atomic E-state index is 2.68. The second-order valence-electron chi connectivity index (χ2n) is 16.4. The summed E-state index contributed by atoms with van der Waals surface area (Å²) in [7, 11) is 0. The number of hydrogen-bond donors (Lipinski definition) is 0. The standard InChI is InChI=1S/C49H92/c1-5-9-13-16-19-22-25-28-31-34-37-41-47-44-46(40-12-8-4)45-48(42-38-35-32-29-26-23-20-17-14-10-6-2)49(47)43-39-36-33-30-27-24-21-18-15-11-7-3/h44-45H,5-43H2,1-4H3. The van der Waals surface area contributed by atoms with E-state index in [1.807, 2.05) is 0 Å². The zero-order chi connectivity index (χ0) is 35.3. The lowest BCUT2D eigenvalue weighted by atomic mass is 9.87. The molecule has 0 nitrogen and oxygen atoms in total. The van der Waals surface area contributed by atoms with Crippen LogP contribution in [-0.2, 0) is 25.7 Å². The largest absolute Gasteiger partial charge is 0.0654 e. The molecule has 0 aliphatic carbocycles. The molecular weight excluding hydrogens is 589 g/mol. The molecular formula is C49H92. The van der Waals surface area contributed by atoms with E-state index in [0.717, 1.165) is 0 Å². The Morgan fingerprint density at radius 2 is 0.490 bits per heavy atom. The predicted octanol–water partition coefficient (Wildman–Crippen LogP) is 17.6. The van der Waals surface area contributed by atoms with Gasteiger partial charge in [-0.2, -0.15) is 0 Å². The third-order valence-electron chi connectivity index (χ3n) is 11.4. The average Bonchev–Trinajstić information content (AvgIpc) is 3.11. The lowest BCUT2D eigenvalue weighted by molar-refractivity contribution is 0.545. The van der Waals surface area contributed by atoms with Crippen molar-refractivity contribution in [2.24, 2.45) is 0 Å². The van der Waals surface area contributed by atoms with Crippen molar-refractivity contribution in [1.82, 2.24) is 0 Å². The summed E-state index contributed by atoms with van der Waals surface area (Å²) in [5, 5.41) is 0. The smallest absolute Gasteiger partial charge is 0.0273 e. The zero-order valence-electron chi connectivity index (χ0n) is 34.7. The highest BCUT2D eigenvalue weighted by molar-refractivity contribution is 5.40. The molecule has 0 N–H and O–H groups in total. The Labute approximate surface area is 311 Å². The molecule has 0 spiro atoms. The maximum absolute atomic E-state index is 2.68. The molecule has 0 aliphatic rings. The van der Waals surface area contributed by atoms with E-state index in [0.29, 0.717) is 0 Å². The van der Waals surface area contributed by atoms with Crippen molar-refractivity contribution in [1.29, 1.82) is 0 Å². The van der Waals surface area contributed by atoms with Crippen molar-refractivity contribution in [2.75, 3.05) is 0 Å². The minimum absolute atomic E-state index is 1.28. The van der Waals surface area contributed by atoms with Crippen LogP contribution < -0.4 is 0 Å². The number of unbranched alkanes of at least 4 members (excludes halogenated alkanes) is 31. The summed E-state index contributed by atoms with van der Waals surface area (Å²) < 4.78 is 0. The lowest BCUT2D eigenvalue weighted by Crippen LogP contribution is -2.05. The van der Waals surface area contributed by atoms with Crippen LogP contribution in [0.5, 0.6) is 0 Å². The second kappa shape index (κ2) is 37.0. The van der Waals surface area contributed by atoms with Gasteiger partial charge in [-0.05, 0) is 73.6 Å². The highest BCUT2D eigenvalue weighted by atomic mass is 14.2. The van der Waals surface area contributed by atoms with Gasteiger partial charge in [-0.15, -0.1) is 0 Å². The Hall–Kier alpha value is -0.780. The van der Waals surface area contributed by atoms with E-state index in [1.54, 1.807) is 22.3 Å². The highest BCUT2D eigenvalue weighted by Gasteiger charge is 2.12. The van der Waals surface area contributed by atoms with E-state index in [4.69, 9.17) is 0 Å². The first-order valence-corrected chi connectivity index (χ1v) is 23.4. The third-order valence-corrected chi connectivity index (χ3v) is 11.4. The molecule has 0 amide bonds. The molecule has 0 atom stereocenters. The summed E-state index contributed by atoms with van der Waals surface area (Å²) in [6.45, 7) is 9.33. The summed E-state index contributed by atoms with van der Waals surface area (Å²) >= 11 is 0. The highest BCUT2D eigenvalue weighted by Crippen LogP contribution is 2.27. The quantitative estimate of drug-likeness (QED) is 0.0607. The minimum Gasteiger partial charge on any atom is -0.0654 e. The van der Waals surface area contributed by atoms with Crippen LogP contribution in [0.2, 0.25) is 0 Å². The maximum Gasteiger partial charge on any atom is -0.0273 e. The van der Waals surface area contributed by atoms with Gasteiger partial charge in [0.25, 0.3) is 0 Å². The molecule has 0 unspecified atom stereocenters. The van der Waals surface area contributed by atoms with Gasteiger partial charge in [0, 0.05) is 0 Å². The first kappa shape index (κ1) is 46.2. The molecule has 0 bridgehead atoms. The van der Waals surface area contributed by atoms with E-state index in [2.05, 4.69) is 39.8 Å². The van der Waals surface area contributed by atoms with Crippen LogP contribution in [0.3, 0.4) is 0 Å². The Morgan fingerprint density at radius 1 is 0.245 bits per heavy atom. The number of hydrogen-bond acceptors (Lipinski definition) is 0. The summed E-state index contributed by atoms with van der Waals surface area (Å²) in [6, 6.07) is 5.37. The van der Waals surface area contributed by atoms with Crippen molar-refractivity contribution in [3.05, 3.63) is 34.4 Å². The zero-order valence-corrected chi connectivity index (χ0v) is 34.7. The van der Waals surface area contributed by atoms with Crippen molar-refractivity contribution in [3.63, 3.8) is 0 Å². The minimum atomic E-state index is 1.28. The Kier molecular flexibility index (Phi) is 34.9. The summed E-state index contributed by atoms with van der Waals surface area (Å²) in [6.07, 6.45) is 55.5. The molecule has 0 saturated carbocycles. The molecule has 0 heteroatoms. The van der Waals surface area contributed by atoms with Gasteiger partial charge in [0.15, 0.2) is 0 Å². The van der Waals surface area contributed by atoms with Crippen LogP contribution in [0.1, 0.15) is 275 Å². The average molecular weight is 681 g/mol. The van der Waals surface area contributed by atoms with Gasteiger partial charge >= 0.3 is 0 Å². The predicted molar refractivity (Wildman–Crippen MR) is 226 cm³/mol. The lowest BCUT2D eigenvalue weighted by Gasteiger charge is -2.18. The number of benzene rings is 1. The molecule has 49 heavy (non-hydrogen) atoms. The van der Waals surface area contributed by atoms with Crippen molar-refractivity contribution >= 4 is 0 Å². The van der Waals surface area contributed by atoms with E-state index < -0.39 is 0 Å². The number of rotatable bonds is 39. The Bertz CT molecular complexity index is 742. The van der Waals surface area contributed by atoms with Crippen molar-refractivity contribution < 1.29 is 0 Å². The summed E-state index contributed by atoms with van der Waals surface area (Å²) in [4.78, 5) is 0. The molecule has 0 fully saturated rings. The SMILES string of the molecule is CCCCCCCCCCCCCc1cc(CCCC)cc(CCCCCCCCCCCCC)c1CCCCCCCCCCCCC. The van der Waals surface area contributed by atoms with Gasteiger partial charge in [-0.3, -0.25) is 0 Å². The Balaban J connectivity index is 2.64. The fourth-order valence-electron chi connectivity index (χ4n) is 8.09. The van der Waals surface area contributed by atoms with E-state index in [1.165, 1.54) is 250 Å². The summed E-state index contributed by atoms with van der Waals surface area (Å²) in [5.74, 6) is 0. The van der Waals surface area contributed by atoms with Crippen LogP contribution in [0.25, 0.3) is 0 Å². The van der Waals surface area contributed by atoms with Crippen molar-refractivity contribution in [3.8, 4) is 0 Å². The van der Waals surface area contributed by atoms with Gasteiger partial charge in [-0.1, -0.05) is 239 Å². The van der Waals surface area contributed by atoms with Crippen molar-refractivity contribution in [2.45, 2.75) is 278 Å². The molecule has 1 rings (SSSR count). The van der Waals surface area contributed by atoms with Gasteiger partial charge in [0.2, 0.25) is 0 Å². The van der Waals surface area contributed by atoms with Gasteiger partial charge in [-0.25, -0.2) is 0 Å². The van der Waals surface area contributed by atoms with E-state index in [-0.39, 0.29) is 0 Å². The fourth-order valence-corrected chi connectivity index (χ4v) is 8.09. The van der Waals surface area contributed by atoms with Crippen LogP contribution in [0, 0.1) is 0 Å². The van der Waals surface area contributed by atoms with Crippen LogP contribution in [0.4, 0.5) is 0 Å². The topological polar surface area (TPSA) is 0 Å². The van der Waals surface area contributed by atoms with Crippen LogP contribution in [0.15, 0.2) is 12.1 Å². The molecule has 0 aliphatic heterocycles. The van der Waals surface area contributed by atoms with Gasteiger partial charge < -0.3 is 0 Å². The second-order valence-corrected chi connectivity index (χ2v) is 16.4. The normalized spacial score (nSPS) is 11.6. The summed E-state index contributed by atoms with van der Waals surface area (Å²) in [5.41, 5.74) is 6.97.